The van der Waals surface area contributed by atoms with Crippen LogP contribution in [0.5, 0.6) is 0 Å². The van der Waals surface area contributed by atoms with Gasteiger partial charge in [-0.1, -0.05) is 0 Å². The number of hydrogen-bond acceptors (Lipinski definition) is 4. The van der Waals surface area contributed by atoms with Gasteiger partial charge in [-0.25, -0.2) is 0 Å². The first-order valence-electron chi connectivity index (χ1n) is 3.72. The normalized spacial score (nSPS) is 11.6. The molecule has 0 rings (SSSR count). The molecule has 0 radical (unpaired) electrons. The van der Waals surface area contributed by atoms with Crippen LogP contribution in [0.1, 0.15) is 6.42 Å². The number of quaternary nitrogens is 1. The molecule has 0 amide bonds. The van der Waals surface area contributed by atoms with Crippen molar-refractivity contribution < 1.29 is 19.5 Å². The summed E-state index contributed by atoms with van der Waals surface area (Å²) in [5, 5.41) is 0. The quantitative estimate of drug-likeness (QED) is 0.247. The summed E-state index contributed by atoms with van der Waals surface area (Å²) in [7, 11) is 4.57. The molecule has 0 aliphatic heterocycles. The minimum Gasteiger partial charge on any atom is -0.301 e. The summed E-state index contributed by atoms with van der Waals surface area (Å²) in [6.45, 7) is 4.64. The van der Waals surface area contributed by atoms with Crippen molar-refractivity contribution in [2.75, 3.05) is 34.4 Å². The maximum atomic E-state index is 5.01. The van der Waals surface area contributed by atoms with Crippen LogP contribution in [-0.4, -0.2) is 46.1 Å². The largest absolute Gasteiger partial charge is 0.301 e. The molecule has 0 heterocycles. The average molecular weight is 177 g/mol. The van der Waals surface area contributed by atoms with Crippen molar-refractivity contribution in [2.45, 2.75) is 6.42 Å². The Morgan fingerprint density at radius 3 is 2.00 bits per heavy atom. The lowest BCUT2D eigenvalue weighted by atomic mass is 10.4. The molecular weight excluding hydrogens is 160 g/mol. The molecule has 0 aliphatic rings. The lowest BCUT2D eigenvalue weighted by molar-refractivity contribution is -1.36. The first-order chi connectivity index (χ1) is 5.74. The molecule has 5 nitrogen and oxygen atoms in total. The van der Waals surface area contributed by atoms with E-state index in [9.17, 15) is 0 Å². The number of aliphatic imine (C=N–C) groups is 1. The van der Waals surface area contributed by atoms with E-state index < -0.39 is 0 Å². The van der Waals surface area contributed by atoms with Crippen LogP contribution >= 0.6 is 0 Å². The molecule has 5 heteroatoms. The van der Waals surface area contributed by atoms with E-state index in [1.165, 1.54) is 21.3 Å². The number of hydrogen-bond donors (Lipinski definition) is 0. The number of rotatable bonds is 7. The van der Waals surface area contributed by atoms with Crippen LogP contribution in [0.4, 0.5) is 0 Å². The average Bonchev–Trinajstić information content (AvgIpc) is 2.14. The molecule has 0 fully saturated rings. The second-order valence-corrected chi connectivity index (χ2v) is 2.18. The van der Waals surface area contributed by atoms with Crippen molar-refractivity contribution in [3.63, 3.8) is 0 Å². The van der Waals surface area contributed by atoms with Crippen LogP contribution in [0.2, 0.25) is 0 Å². The third-order valence-electron chi connectivity index (χ3n) is 1.58. The maximum Gasteiger partial charge on any atom is 0.180 e. The van der Waals surface area contributed by atoms with E-state index in [2.05, 4.69) is 11.7 Å². The van der Waals surface area contributed by atoms with Crippen LogP contribution in [0.15, 0.2) is 4.99 Å². The summed E-state index contributed by atoms with van der Waals surface area (Å²) in [5.41, 5.74) is 0. The SMILES string of the molecule is C=NCCC[N+](OC)(OC)OC. The van der Waals surface area contributed by atoms with Gasteiger partial charge in [0.05, 0.1) is 4.97 Å². The molecule has 0 atom stereocenters. The molecular formula is C7H17N2O3+. The summed E-state index contributed by atoms with van der Waals surface area (Å²) in [5.74, 6) is 0. The van der Waals surface area contributed by atoms with Gasteiger partial charge >= 0.3 is 0 Å². The van der Waals surface area contributed by atoms with E-state index in [0.29, 0.717) is 13.1 Å². The second-order valence-electron chi connectivity index (χ2n) is 2.18. The lowest BCUT2D eigenvalue weighted by Crippen LogP contribution is -2.45. The van der Waals surface area contributed by atoms with Gasteiger partial charge in [0.1, 0.15) is 21.3 Å². The number of hydroxylamine groups is 3. The molecule has 0 aromatic heterocycles. The van der Waals surface area contributed by atoms with Gasteiger partial charge in [-0.15, -0.1) is 14.5 Å². The minimum atomic E-state index is -0.268. The highest BCUT2D eigenvalue weighted by Crippen LogP contribution is 2.08. The molecule has 0 bridgehead atoms. The van der Waals surface area contributed by atoms with Gasteiger partial charge in [-0.2, -0.15) is 0 Å². The van der Waals surface area contributed by atoms with Gasteiger partial charge < -0.3 is 4.99 Å². The first kappa shape index (κ1) is 11.5. The van der Waals surface area contributed by atoms with Gasteiger partial charge in [0, 0.05) is 13.0 Å². The smallest absolute Gasteiger partial charge is 0.180 e. The molecule has 0 N–H and O–H groups in total. The van der Waals surface area contributed by atoms with Crippen molar-refractivity contribution in [3.05, 3.63) is 0 Å². The third kappa shape index (κ3) is 3.27. The van der Waals surface area contributed by atoms with Gasteiger partial charge in [0.2, 0.25) is 0 Å². The summed E-state index contributed by atoms with van der Waals surface area (Å²) in [4.78, 5) is 18.5. The van der Waals surface area contributed by atoms with Crippen molar-refractivity contribution in [2.24, 2.45) is 4.99 Å². The molecule has 12 heavy (non-hydrogen) atoms. The molecule has 0 aromatic rings. The Hall–Kier alpha value is -0.490. The zero-order valence-corrected chi connectivity index (χ0v) is 7.95. The molecule has 0 saturated heterocycles. The van der Waals surface area contributed by atoms with E-state index in [0.717, 1.165) is 6.42 Å². The molecule has 0 aromatic carbocycles. The zero-order valence-electron chi connectivity index (χ0n) is 7.95. The first-order valence-corrected chi connectivity index (χ1v) is 3.72. The summed E-state index contributed by atoms with van der Waals surface area (Å²) >= 11 is 0. The fourth-order valence-corrected chi connectivity index (χ4v) is 0.874. The summed E-state index contributed by atoms with van der Waals surface area (Å²) < 4.78 is 0. The van der Waals surface area contributed by atoms with Crippen molar-refractivity contribution >= 4 is 6.72 Å². The standard InChI is InChI=1S/C7H17N2O3/c1-8-6-5-7-9(10-2,11-3)12-4/h1,5-7H2,2-4H3/q+1. The summed E-state index contributed by atoms with van der Waals surface area (Å²) in [6, 6.07) is 0. The van der Waals surface area contributed by atoms with Crippen molar-refractivity contribution in [1.82, 2.24) is 0 Å². The Bertz CT molecular complexity index is 118. The van der Waals surface area contributed by atoms with E-state index in [-0.39, 0.29) is 4.97 Å². The Labute approximate surface area is 73.0 Å². The predicted octanol–water partition coefficient (Wildman–Crippen LogP) is 0.578. The molecule has 0 unspecified atom stereocenters. The third-order valence-corrected chi connectivity index (χ3v) is 1.58. The molecule has 72 valence electrons. The minimum absolute atomic E-state index is 0.268. The number of nitrogens with zero attached hydrogens (tertiary/aromatic N) is 2. The Morgan fingerprint density at radius 1 is 1.17 bits per heavy atom. The van der Waals surface area contributed by atoms with Gasteiger partial charge in [-0.3, -0.25) is 0 Å². The highest BCUT2D eigenvalue weighted by atomic mass is 17.2. The highest BCUT2D eigenvalue weighted by molar-refractivity contribution is 5.22. The Balaban J connectivity index is 3.84. The van der Waals surface area contributed by atoms with E-state index in [1.807, 2.05) is 0 Å². The van der Waals surface area contributed by atoms with Crippen LogP contribution in [0, 0.1) is 0 Å². The fourth-order valence-electron chi connectivity index (χ4n) is 0.874. The van der Waals surface area contributed by atoms with Crippen LogP contribution < -0.4 is 0 Å². The van der Waals surface area contributed by atoms with E-state index in [1.54, 1.807) is 0 Å². The summed E-state index contributed by atoms with van der Waals surface area (Å²) in [6.07, 6.45) is 0.805. The van der Waals surface area contributed by atoms with Crippen LogP contribution in [-0.2, 0) is 14.5 Å². The van der Waals surface area contributed by atoms with Crippen molar-refractivity contribution in [1.29, 1.82) is 0 Å². The molecule has 0 aliphatic carbocycles. The van der Waals surface area contributed by atoms with Gasteiger partial charge in [0.25, 0.3) is 0 Å². The maximum absolute atomic E-state index is 5.01. The topological polar surface area (TPSA) is 40.0 Å². The predicted molar refractivity (Wildman–Crippen MR) is 45.2 cm³/mol. The van der Waals surface area contributed by atoms with Gasteiger partial charge in [-0.05, 0) is 6.72 Å². The molecule has 0 spiro atoms. The highest BCUT2D eigenvalue weighted by Gasteiger charge is 2.29. The Kier molecular flexibility index (Phi) is 5.83. The second kappa shape index (κ2) is 6.07. The zero-order chi connectivity index (χ0) is 9.45. The molecule has 0 saturated carbocycles. The van der Waals surface area contributed by atoms with Crippen molar-refractivity contribution in [3.8, 4) is 0 Å². The van der Waals surface area contributed by atoms with Crippen LogP contribution in [0.25, 0.3) is 0 Å². The van der Waals surface area contributed by atoms with Gasteiger partial charge in [0.15, 0.2) is 6.54 Å². The lowest BCUT2D eigenvalue weighted by Gasteiger charge is -2.24. The van der Waals surface area contributed by atoms with E-state index in [4.69, 9.17) is 14.5 Å². The fraction of sp³-hybridized carbons (Fsp3) is 0.857. The van der Waals surface area contributed by atoms with E-state index >= 15 is 0 Å². The van der Waals surface area contributed by atoms with Crippen LogP contribution in [0.3, 0.4) is 0 Å². The Morgan fingerprint density at radius 2 is 1.67 bits per heavy atom. The monoisotopic (exact) mass is 177 g/mol.